The standard InChI is InChI=1S/C30H30ClIN2O4S2/c1-2-37-24-11-17(10-23(32)26(24)38-16-21-5-3-4-6-22(21)31)12-25-27(35)34(29(39)40-25)33-28(36)30-13-18-7-19(14-30)9-20(8-18)15-30/h3-6,10-12,18-20H,2,7-9,13-16H2,1H3,(H,33,36)/b25-12+. The highest BCUT2D eigenvalue weighted by molar-refractivity contribution is 14.1. The van der Waals surface area contributed by atoms with Crippen molar-refractivity contribution in [3.63, 3.8) is 0 Å². The van der Waals surface area contributed by atoms with Gasteiger partial charge in [0.1, 0.15) is 6.61 Å². The van der Waals surface area contributed by atoms with Gasteiger partial charge in [0.2, 0.25) is 5.91 Å². The number of halogens is 2. The Bertz CT molecular complexity index is 1380. The Balaban J connectivity index is 1.18. The molecule has 4 saturated carbocycles. The number of nitrogens with zero attached hydrogens (tertiary/aromatic N) is 1. The summed E-state index contributed by atoms with van der Waals surface area (Å²) < 4.78 is 13.2. The van der Waals surface area contributed by atoms with Crippen molar-refractivity contribution in [3.05, 3.63) is 61.0 Å². The molecule has 0 spiro atoms. The molecule has 0 unspecified atom stereocenters. The van der Waals surface area contributed by atoms with Crippen molar-refractivity contribution in [1.29, 1.82) is 0 Å². The number of hydrazine groups is 1. The monoisotopic (exact) mass is 708 g/mol. The van der Waals surface area contributed by atoms with E-state index in [0.29, 0.717) is 56.7 Å². The number of amides is 2. The number of hydrogen-bond acceptors (Lipinski definition) is 6. The topological polar surface area (TPSA) is 67.9 Å². The second-order valence-corrected chi connectivity index (χ2v) is 14.5. The number of hydrogen-bond donors (Lipinski definition) is 1. The van der Waals surface area contributed by atoms with E-state index in [4.69, 9.17) is 33.3 Å². The highest BCUT2D eigenvalue weighted by atomic mass is 127. The summed E-state index contributed by atoms with van der Waals surface area (Å²) in [5.41, 5.74) is 4.23. The lowest BCUT2D eigenvalue weighted by atomic mass is 9.49. The van der Waals surface area contributed by atoms with Crippen LogP contribution in [0.25, 0.3) is 6.08 Å². The Hall–Kier alpha value is -1.82. The maximum atomic E-state index is 13.6. The summed E-state index contributed by atoms with van der Waals surface area (Å²) in [6.07, 6.45) is 8.34. The van der Waals surface area contributed by atoms with E-state index in [9.17, 15) is 9.59 Å². The summed E-state index contributed by atoms with van der Waals surface area (Å²) in [5, 5.41) is 1.91. The molecule has 1 heterocycles. The molecule has 5 fully saturated rings. The Morgan fingerprint density at radius 3 is 2.50 bits per heavy atom. The number of thiocarbonyl (C=S) groups is 1. The Labute approximate surface area is 262 Å². The zero-order valence-electron chi connectivity index (χ0n) is 22.1. The average Bonchev–Trinajstić information content (AvgIpc) is 3.15. The van der Waals surface area contributed by atoms with Gasteiger partial charge < -0.3 is 9.47 Å². The largest absolute Gasteiger partial charge is 0.490 e. The fraction of sp³-hybridized carbons (Fsp3) is 0.433. The normalized spacial score (nSPS) is 27.9. The van der Waals surface area contributed by atoms with E-state index in [1.807, 2.05) is 43.3 Å². The molecule has 0 radical (unpaired) electrons. The quantitative estimate of drug-likeness (QED) is 0.176. The van der Waals surface area contributed by atoms with Crippen LogP contribution in [-0.2, 0) is 16.2 Å². The van der Waals surface area contributed by atoms with E-state index >= 15 is 0 Å². The molecule has 0 atom stereocenters. The fourth-order valence-corrected chi connectivity index (χ4v) is 9.31. The molecule has 2 amide bonds. The molecule has 4 bridgehead atoms. The number of carbonyl (C=O) groups excluding carboxylic acids is 2. The van der Waals surface area contributed by atoms with Crippen LogP contribution >= 0.6 is 58.2 Å². The molecule has 4 aliphatic carbocycles. The first kappa shape index (κ1) is 28.3. The van der Waals surface area contributed by atoms with Crippen molar-refractivity contribution in [2.45, 2.75) is 52.1 Å². The zero-order chi connectivity index (χ0) is 28.0. The Morgan fingerprint density at radius 1 is 1.18 bits per heavy atom. The molecule has 10 heteroatoms. The van der Waals surface area contributed by atoms with Gasteiger partial charge in [0.05, 0.1) is 20.5 Å². The highest BCUT2D eigenvalue weighted by Crippen LogP contribution is 2.60. The van der Waals surface area contributed by atoms with Crippen LogP contribution in [0.5, 0.6) is 11.5 Å². The number of rotatable bonds is 8. The minimum Gasteiger partial charge on any atom is -0.490 e. The summed E-state index contributed by atoms with van der Waals surface area (Å²) in [6, 6.07) is 11.4. The van der Waals surface area contributed by atoms with Gasteiger partial charge in [0.25, 0.3) is 5.91 Å². The minimum atomic E-state index is -0.357. The third kappa shape index (κ3) is 5.51. The van der Waals surface area contributed by atoms with Gasteiger partial charge in [-0.2, -0.15) is 5.01 Å². The molecule has 1 saturated heterocycles. The van der Waals surface area contributed by atoms with Gasteiger partial charge in [-0.25, -0.2) is 0 Å². The van der Waals surface area contributed by atoms with Crippen LogP contribution in [0.1, 0.15) is 56.6 Å². The summed E-state index contributed by atoms with van der Waals surface area (Å²) in [7, 11) is 0. The first-order chi connectivity index (χ1) is 19.2. The first-order valence-electron chi connectivity index (χ1n) is 13.7. The molecule has 2 aromatic carbocycles. The fourth-order valence-electron chi connectivity index (χ4n) is 7.16. The molecular formula is C30H30ClIN2O4S2. The highest BCUT2D eigenvalue weighted by Gasteiger charge is 2.55. The third-order valence-corrected chi connectivity index (χ3v) is 11.0. The van der Waals surface area contributed by atoms with Gasteiger partial charge in [-0.15, -0.1) is 0 Å². The summed E-state index contributed by atoms with van der Waals surface area (Å²) in [5.74, 6) is 2.77. The number of benzene rings is 2. The number of nitrogens with one attached hydrogen (secondary N) is 1. The number of carbonyl (C=O) groups is 2. The van der Waals surface area contributed by atoms with Crippen molar-refractivity contribution in [3.8, 4) is 11.5 Å². The Morgan fingerprint density at radius 2 is 1.85 bits per heavy atom. The summed E-state index contributed by atoms with van der Waals surface area (Å²) in [4.78, 5) is 27.4. The van der Waals surface area contributed by atoms with Crippen LogP contribution < -0.4 is 14.9 Å². The lowest BCUT2D eigenvalue weighted by molar-refractivity contribution is -0.152. The summed E-state index contributed by atoms with van der Waals surface area (Å²) >= 11 is 15.2. The number of ether oxygens (including phenoxy) is 2. The third-order valence-electron chi connectivity index (χ3n) is 8.49. The predicted molar refractivity (Wildman–Crippen MR) is 170 cm³/mol. The predicted octanol–water partition coefficient (Wildman–Crippen LogP) is 7.37. The lowest BCUT2D eigenvalue weighted by Crippen LogP contribution is -2.57. The van der Waals surface area contributed by atoms with Crippen molar-refractivity contribution < 1.29 is 19.1 Å². The lowest BCUT2D eigenvalue weighted by Gasteiger charge is -2.55. The molecule has 7 rings (SSSR count). The van der Waals surface area contributed by atoms with Crippen LogP contribution in [-0.4, -0.2) is 27.8 Å². The molecular weight excluding hydrogens is 679 g/mol. The maximum absolute atomic E-state index is 13.6. The molecule has 1 N–H and O–H groups in total. The van der Waals surface area contributed by atoms with Crippen LogP contribution in [0.2, 0.25) is 5.02 Å². The summed E-state index contributed by atoms with van der Waals surface area (Å²) in [6.45, 7) is 2.67. The van der Waals surface area contributed by atoms with Gasteiger partial charge in [-0.1, -0.05) is 41.6 Å². The van der Waals surface area contributed by atoms with E-state index < -0.39 is 0 Å². The molecule has 5 aliphatic rings. The van der Waals surface area contributed by atoms with Gasteiger partial charge in [-0.3, -0.25) is 15.0 Å². The van der Waals surface area contributed by atoms with Crippen molar-refractivity contribution in [1.82, 2.24) is 10.4 Å². The number of thioether (sulfide) groups is 1. The minimum absolute atomic E-state index is 0.0441. The van der Waals surface area contributed by atoms with E-state index in [-0.39, 0.29) is 17.2 Å². The smallest absolute Gasteiger partial charge is 0.285 e. The molecule has 1 aliphatic heterocycles. The average molecular weight is 709 g/mol. The van der Waals surface area contributed by atoms with E-state index in [1.54, 1.807) is 6.08 Å². The molecule has 0 aromatic heterocycles. The van der Waals surface area contributed by atoms with Crippen LogP contribution in [0.15, 0.2) is 41.3 Å². The first-order valence-corrected chi connectivity index (χ1v) is 16.3. The van der Waals surface area contributed by atoms with Crippen molar-refractivity contribution in [2.75, 3.05) is 6.61 Å². The Kier molecular flexibility index (Phi) is 8.11. The van der Waals surface area contributed by atoms with Crippen LogP contribution in [0, 0.1) is 26.7 Å². The van der Waals surface area contributed by atoms with Crippen molar-refractivity contribution >= 4 is 80.4 Å². The zero-order valence-corrected chi connectivity index (χ0v) is 26.6. The second-order valence-electron chi connectivity index (χ2n) is 11.3. The van der Waals surface area contributed by atoms with Crippen LogP contribution in [0.4, 0.5) is 0 Å². The molecule has 210 valence electrons. The van der Waals surface area contributed by atoms with Gasteiger partial charge >= 0.3 is 0 Å². The molecule has 2 aromatic rings. The van der Waals surface area contributed by atoms with Crippen molar-refractivity contribution in [2.24, 2.45) is 23.2 Å². The van der Waals surface area contributed by atoms with E-state index in [2.05, 4.69) is 28.0 Å². The maximum Gasteiger partial charge on any atom is 0.285 e. The van der Waals surface area contributed by atoms with E-state index in [1.165, 1.54) is 36.0 Å². The van der Waals surface area contributed by atoms with Gasteiger partial charge in [0.15, 0.2) is 15.8 Å². The second kappa shape index (κ2) is 11.5. The van der Waals surface area contributed by atoms with Gasteiger partial charge in [0, 0.05) is 10.6 Å². The molecule has 40 heavy (non-hydrogen) atoms. The molecule has 6 nitrogen and oxygen atoms in total. The van der Waals surface area contributed by atoms with Crippen LogP contribution in [0.3, 0.4) is 0 Å². The van der Waals surface area contributed by atoms with Gasteiger partial charge in [-0.05, 0) is 128 Å². The SMILES string of the molecule is CCOc1cc(/C=C2/SC(=S)N(NC(=O)C34CC5CC(CC(C5)C3)C4)C2=O)cc(I)c1OCc1ccccc1Cl. The van der Waals surface area contributed by atoms with E-state index in [0.717, 1.165) is 34.0 Å².